The molecule has 0 aliphatic heterocycles. The standard InChI is InChI=1S/C14H18N4O2S/c1-4-20-13(19)11-12(15)17-14(21-11)16-9-5-7-10(8-6-9)18(2)3/h5-8H,4,15H2,1-3H3,(H,16,17). The molecular weight excluding hydrogens is 288 g/mol. The van der Waals surface area contributed by atoms with E-state index in [1.807, 2.05) is 43.3 Å². The Morgan fingerprint density at radius 1 is 1.38 bits per heavy atom. The van der Waals surface area contributed by atoms with Crippen LogP contribution in [0.25, 0.3) is 0 Å². The zero-order chi connectivity index (χ0) is 15.4. The number of carbonyl (C=O) groups is 1. The van der Waals surface area contributed by atoms with Gasteiger partial charge in [-0.1, -0.05) is 11.3 Å². The number of thiazole rings is 1. The first-order valence-corrected chi connectivity index (χ1v) is 7.30. The Morgan fingerprint density at radius 3 is 2.62 bits per heavy atom. The van der Waals surface area contributed by atoms with Gasteiger partial charge in [-0.2, -0.15) is 0 Å². The zero-order valence-electron chi connectivity index (χ0n) is 12.2. The second kappa shape index (κ2) is 6.45. The Balaban J connectivity index is 2.13. The molecule has 0 atom stereocenters. The average molecular weight is 306 g/mol. The van der Waals surface area contributed by atoms with Gasteiger partial charge in [0.05, 0.1) is 6.61 Å². The van der Waals surface area contributed by atoms with Crippen molar-refractivity contribution in [2.24, 2.45) is 0 Å². The highest BCUT2D eigenvalue weighted by Gasteiger charge is 2.17. The van der Waals surface area contributed by atoms with Crippen molar-refractivity contribution >= 4 is 39.6 Å². The van der Waals surface area contributed by atoms with Gasteiger partial charge in [0.25, 0.3) is 0 Å². The Morgan fingerprint density at radius 2 is 2.05 bits per heavy atom. The lowest BCUT2D eigenvalue weighted by molar-refractivity contribution is 0.0533. The van der Waals surface area contributed by atoms with Crippen LogP contribution in [0.3, 0.4) is 0 Å². The van der Waals surface area contributed by atoms with E-state index in [-0.39, 0.29) is 5.82 Å². The maximum Gasteiger partial charge on any atom is 0.352 e. The van der Waals surface area contributed by atoms with Gasteiger partial charge in [-0.3, -0.25) is 0 Å². The largest absolute Gasteiger partial charge is 0.462 e. The van der Waals surface area contributed by atoms with Crippen LogP contribution in [0.2, 0.25) is 0 Å². The second-order valence-corrected chi connectivity index (χ2v) is 5.52. The molecule has 0 radical (unpaired) electrons. The van der Waals surface area contributed by atoms with Crippen molar-refractivity contribution in [1.29, 1.82) is 0 Å². The first kappa shape index (κ1) is 15.1. The van der Waals surface area contributed by atoms with Gasteiger partial charge < -0.3 is 20.7 Å². The van der Waals surface area contributed by atoms with E-state index < -0.39 is 5.97 Å². The van der Waals surface area contributed by atoms with Crippen LogP contribution in [0.15, 0.2) is 24.3 Å². The number of aromatic nitrogens is 1. The van der Waals surface area contributed by atoms with Gasteiger partial charge in [0.1, 0.15) is 0 Å². The van der Waals surface area contributed by atoms with Gasteiger partial charge in [0.15, 0.2) is 15.8 Å². The molecular formula is C14H18N4O2S. The third-order valence-corrected chi connectivity index (χ3v) is 3.72. The van der Waals surface area contributed by atoms with Crippen molar-refractivity contribution in [3.05, 3.63) is 29.1 Å². The lowest BCUT2D eigenvalue weighted by Gasteiger charge is -2.12. The van der Waals surface area contributed by atoms with E-state index in [4.69, 9.17) is 10.5 Å². The molecule has 2 aromatic rings. The molecule has 0 saturated carbocycles. The number of ether oxygens (including phenoxy) is 1. The summed E-state index contributed by atoms with van der Waals surface area (Å²) in [6.45, 7) is 2.06. The molecule has 7 heteroatoms. The minimum Gasteiger partial charge on any atom is -0.462 e. The van der Waals surface area contributed by atoms with Gasteiger partial charge in [-0.05, 0) is 31.2 Å². The van der Waals surface area contributed by atoms with Gasteiger partial charge >= 0.3 is 5.97 Å². The minimum absolute atomic E-state index is 0.186. The molecule has 1 aromatic heterocycles. The molecule has 3 N–H and O–H groups in total. The second-order valence-electron chi connectivity index (χ2n) is 4.52. The molecule has 0 aliphatic carbocycles. The van der Waals surface area contributed by atoms with E-state index in [9.17, 15) is 4.79 Å². The highest BCUT2D eigenvalue weighted by molar-refractivity contribution is 7.18. The molecule has 112 valence electrons. The monoisotopic (exact) mass is 306 g/mol. The number of esters is 1. The minimum atomic E-state index is -0.441. The van der Waals surface area contributed by atoms with E-state index in [1.54, 1.807) is 6.92 Å². The van der Waals surface area contributed by atoms with Crippen LogP contribution in [-0.4, -0.2) is 31.7 Å². The first-order chi connectivity index (χ1) is 10.0. The molecule has 1 aromatic carbocycles. The summed E-state index contributed by atoms with van der Waals surface area (Å²) in [6.07, 6.45) is 0. The van der Waals surface area contributed by atoms with Gasteiger partial charge in [-0.25, -0.2) is 9.78 Å². The van der Waals surface area contributed by atoms with E-state index in [2.05, 4.69) is 10.3 Å². The smallest absolute Gasteiger partial charge is 0.352 e. The fraction of sp³-hybridized carbons (Fsp3) is 0.286. The molecule has 2 rings (SSSR count). The third kappa shape index (κ3) is 3.63. The number of benzene rings is 1. The number of rotatable bonds is 5. The van der Waals surface area contributed by atoms with Crippen LogP contribution in [0, 0.1) is 0 Å². The first-order valence-electron chi connectivity index (χ1n) is 6.49. The van der Waals surface area contributed by atoms with Crippen molar-refractivity contribution in [1.82, 2.24) is 4.98 Å². The third-order valence-electron chi connectivity index (χ3n) is 2.75. The zero-order valence-corrected chi connectivity index (χ0v) is 13.0. The molecule has 0 spiro atoms. The van der Waals surface area contributed by atoms with Crippen LogP contribution >= 0.6 is 11.3 Å². The summed E-state index contributed by atoms with van der Waals surface area (Å²) in [5.41, 5.74) is 7.72. The number of carbonyl (C=O) groups excluding carboxylic acids is 1. The van der Waals surface area contributed by atoms with Crippen LogP contribution < -0.4 is 16.0 Å². The predicted octanol–water partition coefficient (Wildman–Crippen LogP) is 2.71. The van der Waals surface area contributed by atoms with Crippen LogP contribution in [-0.2, 0) is 4.74 Å². The molecule has 0 amide bonds. The highest BCUT2D eigenvalue weighted by Crippen LogP contribution is 2.28. The predicted molar refractivity (Wildman–Crippen MR) is 86.5 cm³/mol. The molecule has 0 bridgehead atoms. The lowest BCUT2D eigenvalue weighted by atomic mass is 10.2. The Bertz CT molecular complexity index is 622. The highest BCUT2D eigenvalue weighted by atomic mass is 32.1. The van der Waals surface area contributed by atoms with Gasteiger partial charge in [0.2, 0.25) is 0 Å². The SMILES string of the molecule is CCOC(=O)c1sc(Nc2ccc(N(C)C)cc2)nc1N. The van der Waals surface area contributed by atoms with Crippen molar-refractivity contribution < 1.29 is 9.53 Å². The normalized spacial score (nSPS) is 10.2. The number of nitrogens with one attached hydrogen (secondary N) is 1. The summed E-state index contributed by atoms with van der Waals surface area (Å²) in [5.74, 6) is -0.255. The van der Waals surface area contributed by atoms with E-state index in [0.717, 1.165) is 11.4 Å². The van der Waals surface area contributed by atoms with Crippen molar-refractivity contribution in [2.75, 3.05) is 36.7 Å². The van der Waals surface area contributed by atoms with Crippen molar-refractivity contribution in [3.8, 4) is 0 Å². The van der Waals surface area contributed by atoms with Crippen molar-refractivity contribution in [2.45, 2.75) is 6.92 Å². The summed E-state index contributed by atoms with van der Waals surface area (Å²) in [5, 5.41) is 3.69. The molecule has 0 aliphatic rings. The van der Waals surface area contributed by atoms with Gasteiger partial charge in [0, 0.05) is 25.5 Å². The van der Waals surface area contributed by atoms with E-state index >= 15 is 0 Å². The lowest BCUT2D eigenvalue weighted by Crippen LogP contribution is -2.08. The number of hydrogen-bond acceptors (Lipinski definition) is 7. The number of hydrogen-bond donors (Lipinski definition) is 2. The molecule has 1 heterocycles. The van der Waals surface area contributed by atoms with E-state index in [0.29, 0.717) is 16.6 Å². The van der Waals surface area contributed by atoms with Gasteiger partial charge in [-0.15, -0.1) is 0 Å². The number of anilines is 4. The number of nitrogens with two attached hydrogens (primary N) is 1. The van der Waals surface area contributed by atoms with Crippen LogP contribution in [0.5, 0.6) is 0 Å². The maximum absolute atomic E-state index is 11.7. The maximum atomic E-state index is 11.7. The van der Waals surface area contributed by atoms with Crippen LogP contribution in [0.4, 0.5) is 22.3 Å². The number of nitrogen functional groups attached to an aromatic ring is 1. The molecule has 0 fully saturated rings. The summed E-state index contributed by atoms with van der Waals surface area (Å²) >= 11 is 1.18. The summed E-state index contributed by atoms with van der Waals surface area (Å²) in [6, 6.07) is 7.87. The fourth-order valence-corrected chi connectivity index (χ4v) is 2.49. The Kier molecular flexibility index (Phi) is 4.64. The average Bonchev–Trinajstić information content (AvgIpc) is 2.80. The van der Waals surface area contributed by atoms with Crippen LogP contribution in [0.1, 0.15) is 16.6 Å². The topological polar surface area (TPSA) is 80.5 Å². The quantitative estimate of drug-likeness (QED) is 0.827. The molecule has 21 heavy (non-hydrogen) atoms. The summed E-state index contributed by atoms with van der Waals surface area (Å²) in [7, 11) is 3.96. The summed E-state index contributed by atoms with van der Waals surface area (Å²) < 4.78 is 4.93. The van der Waals surface area contributed by atoms with Crippen molar-refractivity contribution in [3.63, 3.8) is 0 Å². The summed E-state index contributed by atoms with van der Waals surface area (Å²) in [4.78, 5) is 18.2. The fourth-order valence-electron chi connectivity index (χ4n) is 1.69. The molecule has 6 nitrogen and oxygen atoms in total. The molecule has 0 unspecified atom stereocenters. The Hall–Kier alpha value is -2.28. The Labute approximate surface area is 127 Å². The van der Waals surface area contributed by atoms with E-state index in [1.165, 1.54) is 11.3 Å². The number of nitrogens with zero attached hydrogens (tertiary/aromatic N) is 2. The molecule has 0 saturated heterocycles.